The zero-order valence-electron chi connectivity index (χ0n) is 16.6. The number of benzene rings is 2. The van der Waals surface area contributed by atoms with Gasteiger partial charge in [0.1, 0.15) is 0 Å². The van der Waals surface area contributed by atoms with Gasteiger partial charge in [0.15, 0.2) is 0 Å². The first-order chi connectivity index (χ1) is 13.4. The van der Waals surface area contributed by atoms with E-state index < -0.39 is 0 Å². The van der Waals surface area contributed by atoms with Gasteiger partial charge in [-0.15, -0.1) is 0 Å². The van der Waals surface area contributed by atoms with Crippen LogP contribution in [-0.2, 0) is 11.2 Å². The SMILES string of the molecule is Cc1ccc(CC(=O)N/N=C\c2cc(C)n(-c3ccccc3I)c2C)cc1C. The van der Waals surface area contributed by atoms with Crippen molar-refractivity contribution in [2.75, 3.05) is 0 Å². The highest BCUT2D eigenvalue weighted by Crippen LogP contribution is 2.23. The zero-order valence-corrected chi connectivity index (χ0v) is 18.7. The summed E-state index contributed by atoms with van der Waals surface area (Å²) in [6.45, 7) is 8.26. The van der Waals surface area contributed by atoms with E-state index in [2.05, 4.69) is 83.6 Å². The Kier molecular flexibility index (Phi) is 6.34. The second-order valence-electron chi connectivity index (χ2n) is 7.00. The number of nitrogens with one attached hydrogen (secondary N) is 1. The van der Waals surface area contributed by atoms with Gasteiger partial charge in [-0.2, -0.15) is 5.10 Å². The fraction of sp³-hybridized carbons (Fsp3) is 0.217. The van der Waals surface area contributed by atoms with E-state index in [0.29, 0.717) is 6.42 Å². The highest BCUT2D eigenvalue weighted by Gasteiger charge is 2.11. The number of hydrogen-bond acceptors (Lipinski definition) is 2. The lowest BCUT2D eigenvalue weighted by molar-refractivity contribution is -0.120. The highest BCUT2D eigenvalue weighted by atomic mass is 127. The Balaban J connectivity index is 1.71. The maximum absolute atomic E-state index is 12.2. The number of rotatable bonds is 5. The van der Waals surface area contributed by atoms with Crippen LogP contribution in [0.5, 0.6) is 0 Å². The molecule has 1 heterocycles. The van der Waals surface area contributed by atoms with Crippen LogP contribution in [0.3, 0.4) is 0 Å². The Bertz CT molecular complexity index is 1050. The molecule has 0 unspecified atom stereocenters. The summed E-state index contributed by atoms with van der Waals surface area (Å²) >= 11 is 2.35. The summed E-state index contributed by atoms with van der Waals surface area (Å²) in [5.74, 6) is -0.120. The summed E-state index contributed by atoms with van der Waals surface area (Å²) in [6.07, 6.45) is 2.03. The van der Waals surface area contributed by atoms with Crippen LogP contribution >= 0.6 is 22.6 Å². The Labute approximate surface area is 179 Å². The van der Waals surface area contributed by atoms with Gasteiger partial charge in [-0.25, -0.2) is 5.43 Å². The van der Waals surface area contributed by atoms with Crippen molar-refractivity contribution in [1.29, 1.82) is 0 Å². The molecule has 28 heavy (non-hydrogen) atoms. The molecule has 0 aliphatic heterocycles. The fourth-order valence-electron chi connectivity index (χ4n) is 3.23. The summed E-state index contributed by atoms with van der Waals surface area (Å²) in [4.78, 5) is 12.2. The second kappa shape index (κ2) is 8.73. The molecule has 4 nitrogen and oxygen atoms in total. The monoisotopic (exact) mass is 485 g/mol. The van der Waals surface area contributed by atoms with Gasteiger partial charge >= 0.3 is 0 Å². The summed E-state index contributed by atoms with van der Waals surface area (Å²) in [5.41, 5.74) is 10.4. The van der Waals surface area contributed by atoms with Crippen molar-refractivity contribution in [3.8, 4) is 5.69 Å². The molecule has 0 radical (unpaired) electrons. The predicted molar refractivity (Wildman–Crippen MR) is 123 cm³/mol. The molecule has 0 bridgehead atoms. The standard InChI is InChI=1S/C23H24IN3O/c1-15-9-10-19(11-16(15)2)13-23(28)26-25-14-20-12-17(3)27(18(20)4)22-8-6-5-7-21(22)24/h5-12,14H,13H2,1-4H3,(H,26,28)/b25-14-. The fourth-order valence-corrected chi connectivity index (χ4v) is 3.86. The number of halogens is 1. The highest BCUT2D eigenvalue weighted by molar-refractivity contribution is 14.1. The minimum absolute atomic E-state index is 0.120. The van der Waals surface area contributed by atoms with Crippen LogP contribution in [0, 0.1) is 31.3 Å². The molecule has 0 fully saturated rings. The minimum Gasteiger partial charge on any atom is -0.317 e. The number of amides is 1. The molecule has 1 aromatic heterocycles. The van der Waals surface area contributed by atoms with Crippen LogP contribution in [0.1, 0.15) is 33.6 Å². The second-order valence-corrected chi connectivity index (χ2v) is 8.16. The zero-order chi connectivity index (χ0) is 20.3. The predicted octanol–water partition coefficient (Wildman–Crippen LogP) is 5.01. The van der Waals surface area contributed by atoms with E-state index in [0.717, 1.165) is 28.2 Å². The Morgan fingerprint density at radius 1 is 1.07 bits per heavy atom. The van der Waals surface area contributed by atoms with E-state index >= 15 is 0 Å². The van der Waals surface area contributed by atoms with Crippen molar-refractivity contribution in [3.63, 3.8) is 0 Å². The van der Waals surface area contributed by atoms with Crippen LogP contribution in [0.2, 0.25) is 0 Å². The molecular weight excluding hydrogens is 461 g/mol. The molecular formula is C23H24IN3O. The number of para-hydroxylation sites is 1. The van der Waals surface area contributed by atoms with Crippen molar-refractivity contribution < 1.29 is 4.79 Å². The smallest absolute Gasteiger partial charge is 0.244 e. The van der Waals surface area contributed by atoms with Gasteiger partial charge in [0, 0.05) is 20.5 Å². The molecule has 0 spiro atoms. The average Bonchev–Trinajstić information content (AvgIpc) is 2.92. The average molecular weight is 485 g/mol. The van der Waals surface area contributed by atoms with E-state index in [9.17, 15) is 4.79 Å². The molecule has 144 valence electrons. The largest absolute Gasteiger partial charge is 0.317 e. The third-order valence-electron chi connectivity index (χ3n) is 4.89. The van der Waals surface area contributed by atoms with Crippen molar-refractivity contribution in [2.45, 2.75) is 34.1 Å². The van der Waals surface area contributed by atoms with E-state index in [-0.39, 0.29) is 5.91 Å². The molecule has 1 N–H and O–H groups in total. The van der Waals surface area contributed by atoms with Crippen molar-refractivity contribution in [2.24, 2.45) is 5.10 Å². The van der Waals surface area contributed by atoms with Gasteiger partial charge < -0.3 is 4.57 Å². The van der Waals surface area contributed by atoms with Crippen molar-refractivity contribution >= 4 is 34.7 Å². The molecule has 0 atom stereocenters. The van der Waals surface area contributed by atoms with Gasteiger partial charge in [0.05, 0.1) is 18.3 Å². The summed E-state index contributed by atoms with van der Waals surface area (Å²) in [5, 5.41) is 4.17. The van der Waals surface area contributed by atoms with E-state index in [1.165, 1.54) is 14.7 Å². The minimum atomic E-state index is -0.120. The van der Waals surface area contributed by atoms with Crippen LogP contribution in [0.25, 0.3) is 5.69 Å². The van der Waals surface area contributed by atoms with Gasteiger partial charge in [-0.05, 0) is 85.2 Å². The molecule has 3 aromatic rings. The lowest BCUT2D eigenvalue weighted by Gasteiger charge is -2.11. The third-order valence-corrected chi connectivity index (χ3v) is 5.80. The Hall–Kier alpha value is -2.41. The van der Waals surface area contributed by atoms with Crippen LogP contribution in [0.15, 0.2) is 53.6 Å². The maximum atomic E-state index is 12.2. The molecule has 3 rings (SSSR count). The lowest BCUT2D eigenvalue weighted by Crippen LogP contribution is -2.19. The van der Waals surface area contributed by atoms with Gasteiger partial charge in [0.2, 0.25) is 5.91 Å². The molecule has 0 saturated heterocycles. The molecule has 0 aliphatic carbocycles. The molecule has 2 aromatic carbocycles. The van der Waals surface area contributed by atoms with E-state index in [4.69, 9.17) is 0 Å². The third kappa shape index (κ3) is 4.52. The van der Waals surface area contributed by atoms with Gasteiger partial charge in [-0.3, -0.25) is 4.79 Å². The van der Waals surface area contributed by atoms with E-state index in [1.807, 2.05) is 30.3 Å². The number of hydrazone groups is 1. The van der Waals surface area contributed by atoms with Gasteiger partial charge in [-0.1, -0.05) is 30.3 Å². The van der Waals surface area contributed by atoms with Crippen LogP contribution < -0.4 is 5.43 Å². The first-order valence-electron chi connectivity index (χ1n) is 9.18. The summed E-state index contributed by atoms with van der Waals surface area (Å²) in [7, 11) is 0. The number of aromatic nitrogens is 1. The molecule has 5 heteroatoms. The number of hydrogen-bond donors (Lipinski definition) is 1. The number of aryl methyl sites for hydroxylation is 3. The molecule has 1 amide bonds. The lowest BCUT2D eigenvalue weighted by atomic mass is 10.0. The number of nitrogens with zero attached hydrogens (tertiary/aromatic N) is 2. The summed E-state index contributed by atoms with van der Waals surface area (Å²) < 4.78 is 3.40. The normalized spacial score (nSPS) is 11.2. The molecule has 0 saturated carbocycles. The Morgan fingerprint density at radius 2 is 1.82 bits per heavy atom. The number of carbonyl (C=O) groups is 1. The van der Waals surface area contributed by atoms with Gasteiger partial charge in [0.25, 0.3) is 0 Å². The number of carbonyl (C=O) groups excluding carboxylic acids is 1. The quantitative estimate of drug-likeness (QED) is 0.308. The van der Waals surface area contributed by atoms with Crippen LogP contribution in [-0.4, -0.2) is 16.7 Å². The maximum Gasteiger partial charge on any atom is 0.244 e. The molecule has 0 aliphatic rings. The topological polar surface area (TPSA) is 46.4 Å². The van der Waals surface area contributed by atoms with Crippen LogP contribution in [0.4, 0.5) is 0 Å². The van der Waals surface area contributed by atoms with Crippen molar-refractivity contribution in [3.05, 3.63) is 85.7 Å². The summed E-state index contributed by atoms with van der Waals surface area (Å²) in [6, 6.07) is 16.4. The Morgan fingerprint density at radius 3 is 2.54 bits per heavy atom. The first kappa shape index (κ1) is 20.3. The van der Waals surface area contributed by atoms with Crippen molar-refractivity contribution in [1.82, 2.24) is 9.99 Å². The van der Waals surface area contributed by atoms with E-state index in [1.54, 1.807) is 6.21 Å². The first-order valence-corrected chi connectivity index (χ1v) is 10.3.